The number of hydrogen-bond donors (Lipinski definition) is 2. The molecule has 0 radical (unpaired) electrons. The van der Waals surface area contributed by atoms with Gasteiger partial charge in [-0.3, -0.25) is 14.4 Å². The summed E-state index contributed by atoms with van der Waals surface area (Å²) in [5.41, 5.74) is 1.81. The van der Waals surface area contributed by atoms with E-state index in [4.69, 9.17) is 19.7 Å². The maximum atomic E-state index is 11.6. The van der Waals surface area contributed by atoms with Crippen molar-refractivity contribution >= 4 is 45.7 Å². The van der Waals surface area contributed by atoms with Crippen LogP contribution >= 0.6 is 9.90 Å². The Labute approximate surface area is 386 Å². The Bertz CT molecular complexity index is 1570. The van der Waals surface area contributed by atoms with E-state index in [2.05, 4.69) is 29.2 Å². The molecule has 0 saturated carbocycles. The second-order valence-corrected chi connectivity index (χ2v) is 14.8. The first-order chi connectivity index (χ1) is 26.6. The van der Waals surface area contributed by atoms with Gasteiger partial charge in [-0.1, -0.05) is 131 Å². The van der Waals surface area contributed by atoms with Crippen LogP contribution in [-0.4, -0.2) is 60.2 Å². The zero-order valence-corrected chi connectivity index (χ0v) is 39.1. The quantitative estimate of drug-likeness (QED) is 0.0841. The van der Waals surface area contributed by atoms with Gasteiger partial charge in [-0.05, 0) is 92.7 Å². The second-order valence-electron chi connectivity index (χ2n) is 14.8. The summed E-state index contributed by atoms with van der Waals surface area (Å²) in [6.45, 7) is 32.2. The number of ether oxygens (including phenoxy) is 4. The first kappa shape index (κ1) is 78.4. The summed E-state index contributed by atoms with van der Waals surface area (Å²) in [6.07, 6.45) is 2.29. The van der Waals surface area contributed by atoms with Crippen molar-refractivity contribution in [3.63, 3.8) is 0 Å². The van der Waals surface area contributed by atoms with Gasteiger partial charge in [0.2, 0.25) is 0 Å². The lowest BCUT2D eigenvalue weighted by molar-refractivity contribution is -0.155. The molecular formula is C50H88O12P-. The molecule has 0 aliphatic rings. The minimum atomic E-state index is -0.935. The van der Waals surface area contributed by atoms with Crippen molar-refractivity contribution in [3.05, 3.63) is 108 Å². The summed E-state index contributed by atoms with van der Waals surface area (Å²) in [6, 6.07) is 19.3. The van der Waals surface area contributed by atoms with Crippen molar-refractivity contribution in [2.75, 3.05) is 14.2 Å². The molecule has 0 aliphatic carbocycles. The van der Waals surface area contributed by atoms with Crippen LogP contribution in [0, 0.1) is 16.2 Å². The van der Waals surface area contributed by atoms with Gasteiger partial charge in [-0.2, -0.15) is 0 Å². The molecule has 0 amide bonds. The predicted octanol–water partition coefficient (Wildman–Crippen LogP) is 12.8. The minimum Gasteiger partial charge on any atom is -0.577 e. The number of carbonyl (C=O) groups excluding carboxylic acids is 4. The molecule has 13 heteroatoms. The molecule has 0 heterocycles. The average Bonchev–Trinajstić information content (AvgIpc) is 3.19. The van der Waals surface area contributed by atoms with Gasteiger partial charge in [-0.25, -0.2) is 14.4 Å². The number of aliphatic carboxylic acids is 2. The molecule has 0 saturated heterocycles. The van der Waals surface area contributed by atoms with Crippen molar-refractivity contribution < 1.29 is 57.9 Å². The molecule has 2 N–H and O–H groups in total. The zero-order chi connectivity index (χ0) is 46.3. The Morgan fingerprint density at radius 2 is 0.810 bits per heavy atom. The molecule has 63 heavy (non-hydrogen) atoms. The van der Waals surface area contributed by atoms with Crippen LogP contribution in [0.5, 0.6) is 0 Å². The number of carboxylic acids is 2. The van der Waals surface area contributed by atoms with Gasteiger partial charge in [-0.15, -0.1) is 0 Å². The Balaban J connectivity index is -0.0000000804. The van der Waals surface area contributed by atoms with E-state index in [1.165, 1.54) is 21.1 Å². The summed E-state index contributed by atoms with van der Waals surface area (Å²) in [7, 11) is 2.75. The molecule has 0 aliphatic heterocycles. The Morgan fingerprint density at radius 1 is 0.508 bits per heavy atom. The highest BCUT2D eigenvalue weighted by Crippen LogP contribution is 2.22. The van der Waals surface area contributed by atoms with Crippen molar-refractivity contribution in [1.82, 2.24) is 0 Å². The maximum absolute atomic E-state index is 11.6. The number of methoxy groups -OCH3 is 2. The normalized spacial score (nSPS) is 9.17. The van der Waals surface area contributed by atoms with Gasteiger partial charge in [0.05, 0.1) is 30.5 Å². The highest BCUT2D eigenvalue weighted by Gasteiger charge is 2.27. The van der Waals surface area contributed by atoms with E-state index in [9.17, 15) is 28.8 Å². The molecule has 0 spiro atoms. The van der Waals surface area contributed by atoms with Gasteiger partial charge < -0.3 is 39.1 Å². The van der Waals surface area contributed by atoms with Gasteiger partial charge in [0.25, 0.3) is 0 Å². The van der Waals surface area contributed by atoms with Crippen molar-refractivity contribution in [2.45, 2.75) is 145 Å². The van der Waals surface area contributed by atoms with E-state index in [1.54, 1.807) is 27.7 Å². The van der Waals surface area contributed by atoms with Crippen molar-refractivity contribution in [2.24, 2.45) is 16.2 Å². The standard InChI is InChI=1S/C13H18O2.C11H12O2.C7H14O2.C6H12O2.C5H8O2.C4H6O2.4CH4.H2P/c1-4-13(2,3)12(14)15-10-11-8-6-5-7-9-11;1-9(2)11(12)13-8-10-6-4-3-5-7-10;1-5-7(2,3)6(8)9-4;1-4-6(2,3)5(7)8;1-4(2)5(6)7-3;1-3(2)4(5)6;;;;;/h5-9H,4,10H2,1-3H3;3-7H,1,8H2,2H3;5H2,1-4H3;4H2,1-3H3,(H,7,8);1H2,2-3H3;1H2,2H3,(H,5,6);4*1H4;1H2/q;;;;;;;;;;-1. The van der Waals surface area contributed by atoms with Crippen LogP contribution in [0.3, 0.4) is 0 Å². The van der Waals surface area contributed by atoms with E-state index in [-0.39, 0.29) is 79.9 Å². The van der Waals surface area contributed by atoms with Crippen molar-refractivity contribution in [1.29, 1.82) is 0 Å². The van der Waals surface area contributed by atoms with E-state index < -0.39 is 17.4 Å². The molecule has 2 aromatic rings. The Hall–Kier alpha value is -5.09. The largest absolute Gasteiger partial charge is 0.577 e. The molecular weight excluding hydrogens is 824 g/mol. The first-order valence-corrected chi connectivity index (χ1v) is 18.7. The van der Waals surface area contributed by atoms with E-state index >= 15 is 0 Å². The molecule has 12 nitrogen and oxygen atoms in total. The second kappa shape index (κ2) is 42.2. The highest BCUT2D eigenvalue weighted by molar-refractivity contribution is 6.92. The van der Waals surface area contributed by atoms with Gasteiger partial charge in [0.15, 0.2) is 0 Å². The fourth-order valence-corrected chi connectivity index (χ4v) is 2.66. The monoisotopic (exact) mass is 912 g/mol. The van der Waals surface area contributed by atoms with Crippen molar-refractivity contribution in [3.8, 4) is 0 Å². The van der Waals surface area contributed by atoms with E-state index in [0.29, 0.717) is 30.8 Å². The molecule has 0 fully saturated rings. The summed E-state index contributed by atoms with van der Waals surface area (Å²) in [4.78, 5) is 63.5. The van der Waals surface area contributed by atoms with E-state index in [1.807, 2.05) is 109 Å². The third-order valence-corrected chi connectivity index (χ3v) is 8.19. The summed E-state index contributed by atoms with van der Waals surface area (Å²) in [5, 5.41) is 16.3. The fourth-order valence-electron chi connectivity index (χ4n) is 2.66. The highest BCUT2D eigenvalue weighted by atomic mass is 31.0. The van der Waals surface area contributed by atoms with Crippen LogP contribution < -0.4 is 0 Å². The number of carboxylic acid groups (broad SMARTS) is 2. The lowest BCUT2D eigenvalue weighted by atomic mass is 9.91. The fraction of sp³-hybridized carbons (Fsp3) is 0.520. The number of rotatable bonds is 13. The molecule has 2 aromatic carbocycles. The number of esters is 4. The first-order valence-electron chi connectivity index (χ1n) is 18.7. The SMILES string of the molecule is C.C.C.C.C=C(C)C(=O)O.C=C(C)C(=O)OC.C=C(C)C(=O)OCc1ccccc1.CCC(C)(C)C(=O)O.CCC(C)(C)C(=O)OC.CCC(C)(C)C(=O)OCc1ccccc1.[PH2-]. The molecule has 0 aromatic heterocycles. The van der Waals surface area contributed by atoms with Crippen LogP contribution in [0.25, 0.3) is 0 Å². The molecule has 2 rings (SSSR count). The van der Waals surface area contributed by atoms with Crippen LogP contribution in [0.15, 0.2) is 97.1 Å². The van der Waals surface area contributed by atoms with Crippen LogP contribution in [0.2, 0.25) is 0 Å². The molecule has 0 bridgehead atoms. The summed E-state index contributed by atoms with van der Waals surface area (Å²) < 4.78 is 19.0. The Kier molecular flexibility index (Phi) is 52.5. The van der Waals surface area contributed by atoms with Gasteiger partial charge in [0, 0.05) is 16.7 Å². The maximum Gasteiger partial charge on any atom is 0.333 e. The third kappa shape index (κ3) is 42.0. The predicted molar refractivity (Wildman–Crippen MR) is 265 cm³/mol. The van der Waals surface area contributed by atoms with Gasteiger partial charge in [0.1, 0.15) is 13.2 Å². The van der Waals surface area contributed by atoms with Crippen LogP contribution in [0.4, 0.5) is 0 Å². The average molecular weight is 912 g/mol. The lowest BCUT2D eigenvalue weighted by Crippen LogP contribution is -2.25. The molecule has 0 atom stereocenters. The lowest BCUT2D eigenvalue weighted by Gasteiger charge is -2.20. The van der Waals surface area contributed by atoms with E-state index in [0.717, 1.165) is 24.0 Å². The van der Waals surface area contributed by atoms with Crippen LogP contribution in [0.1, 0.15) is 143 Å². The zero-order valence-electron chi connectivity index (χ0n) is 38.0. The van der Waals surface area contributed by atoms with Crippen LogP contribution in [-0.2, 0) is 60.9 Å². The third-order valence-electron chi connectivity index (χ3n) is 8.19. The smallest absolute Gasteiger partial charge is 0.333 e. The number of benzene rings is 2. The topological polar surface area (TPSA) is 180 Å². The summed E-state index contributed by atoms with van der Waals surface area (Å²) >= 11 is 0. The van der Waals surface area contributed by atoms with Gasteiger partial charge >= 0.3 is 35.8 Å². The molecule has 0 unspecified atom stereocenters. The minimum absolute atomic E-state index is 0. The number of carbonyl (C=O) groups is 6. The summed E-state index contributed by atoms with van der Waals surface area (Å²) in [5.74, 6) is -2.61. The molecule has 366 valence electrons. The number of hydrogen-bond acceptors (Lipinski definition) is 10. The Morgan fingerprint density at radius 3 is 1.00 bits per heavy atom.